The minimum Gasteiger partial charge on any atom is -0.493 e. The second kappa shape index (κ2) is 10.8. The molecule has 0 saturated carbocycles. The molecule has 2 aromatic carbocycles. The van der Waals surface area contributed by atoms with E-state index in [4.69, 9.17) is 14.2 Å². The van der Waals surface area contributed by atoms with E-state index in [0.717, 1.165) is 0 Å². The van der Waals surface area contributed by atoms with Crippen molar-refractivity contribution in [2.24, 2.45) is 0 Å². The van der Waals surface area contributed by atoms with Gasteiger partial charge in [0, 0.05) is 32.0 Å². The summed E-state index contributed by atoms with van der Waals surface area (Å²) in [5.41, 5.74) is 1.08. The van der Waals surface area contributed by atoms with Crippen LogP contribution in [-0.4, -0.2) is 49.1 Å². The predicted molar refractivity (Wildman–Crippen MR) is 121 cm³/mol. The minimum absolute atomic E-state index is 0.101. The molecule has 0 radical (unpaired) electrons. The van der Waals surface area contributed by atoms with Crippen LogP contribution in [0.1, 0.15) is 6.42 Å². The van der Waals surface area contributed by atoms with Gasteiger partial charge in [0.1, 0.15) is 0 Å². The Morgan fingerprint density at radius 2 is 1.87 bits per heavy atom. The maximum atomic E-state index is 13.0. The second-order valence-corrected chi connectivity index (χ2v) is 7.56. The molecule has 1 N–H and O–H groups in total. The summed E-state index contributed by atoms with van der Waals surface area (Å²) in [6.07, 6.45) is 0.668. The largest absolute Gasteiger partial charge is 0.493 e. The highest BCUT2D eigenvalue weighted by Crippen LogP contribution is 2.30. The third-order valence-electron chi connectivity index (χ3n) is 4.56. The summed E-state index contributed by atoms with van der Waals surface area (Å²) >= 11 is 1.22. The Balaban J connectivity index is 1.77. The highest BCUT2D eigenvalue weighted by atomic mass is 32.2. The van der Waals surface area contributed by atoms with E-state index < -0.39 is 0 Å². The summed E-state index contributed by atoms with van der Waals surface area (Å²) in [5.74, 6) is 0.984. The molecule has 1 aromatic heterocycles. The van der Waals surface area contributed by atoms with Gasteiger partial charge in [-0.25, -0.2) is 4.98 Å². The Kier molecular flexibility index (Phi) is 7.91. The summed E-state index contributed by atoms with van der Waals surface area (Å²) in [5, 5.41) is 3.89. The molecule has 0 saturated heterocycles. The predicted octanol–water partition coefficient (Wildman–Crippen LogP) is 3.18. The number of carbonyl (C=O) groups is 1. The van der Waals surface area contributed by atoms with E-state index in [0.29, 0.717) is 52.8 Å². The SMILES string of the molecule is COCCCn1c(SCC(=O)Nc2ccc(OC)c(OC)c2)nc2ccccc2c1=O. The lowest BCUT2D eigenvalue weighted by Crippen LogP contribution is -2.25. The third kappa shape index (κ3) is 5.56. The van der Waals surface area contributed by atoms with E-state index in [9.17, 15) is 9.59 Å². The van der Waals surface area contributed by atoms with Crippen molar-refractivity contribution in [1.82, 2.24) is 9.55 Å². The number of hydrogen-bond acceptors (Lipinski definition) is 7. The molecule has 0 atom stereocenters. The number of nitrogens with zero attached hydrogens (tertiary/aromatic N) is 2. The Morgan fingerprint density at radius 3 is 2.61 bits per heavy atom. The highest BCUT2D eigenvalue weighted by molar-refractivity contribution is 7.99. The Bertz CT molecular complexity index is 1120. The number of hydrogen-bond donors (Lipinski definition) is 1. The van der Waals surface area contributed by atoms with Crippen molar-refractivity contribution < 1.29 is 19.0 Å². The molecule has 0 bridgehead atoms. The molecule has 0 aliphatic heterocycles. The number of carbonyl (C=O) groups excluding carboxylic acids is 1. The number of ether oxygens (including phenoxy) is 3. The first-order valence-corrected chi connectivity index (χ1v) is 10.7. The number of anilines is 1. The van der Waals surface area contributed by atoms with Crippen molar-refractivity contribution in [3.63, 3.8) is 0 Å². The van der Waals surface area contributed by atoms with Crippen LogP contribution < -0.4 is 20.3 Å². The van der Waals surface area contributed by atoms with Crippen LogP contribution in [0.3, 0.4) is 0 Å². The van der Waals surface area contributed by atoms with Gasteiger partial charge in [0.2, 0.25) is 5.91 Å². The average molecular weight is 444 g/mol. The monoisotopic (exact) mass is 443 g/mol. The van der Waals surface area contributed by atoms with Crippen LogP contribution in [0.15, 0.2) is 52.4 Å². The molecule has 0 unspecified atom stereocenters. The normalized spacial score (nSPS) is 10.8. The molecule has 8 nitrogen and oxygen atoms in total. The number of methoxy groups -OCH3 is 3. The second-order valence-electron chi connectivity index (χ2n) is 6.62. The van der Waals surface area contributed by atoms with Crippen molar-refractivity contribution >= 4 is 34.3 Å². The minimum atomic E-state index is -0.219. The Hall–Kier alpha value is -3.04. The number of thioether (sulfide) groups is 1. The van der Waals surface area contributed by atoms with Crippen LogP contribution in [0.2, 0.25) is 0 Å². The van der Waals surface area contributed by atoms with E-state index in [1.54, 1.807) is 49.1 Å². The van der Waals surface area contributed by atoms with E-state index in [2.05, 4.69) is 10.3 Å². The van der Waals surface area contributed by atoms with Crippen molar-refractivity contribution in [3.8, 4) is 11.5 Å². The van der Waals surface area contributed by atoms with Crippen LogP contribution in [0.4, 0.5) is 5.69 Å². The van der Waals surface area contributed by atoms with Gasteiger partial charge in [-0.3, -0.25) is 14.2 Å². The standard InChI is InChI=1S/C22H25N3O5S/c1-28-12-6-11-25-21(27)16-7-4-5-8-17(16)24-22(25)31-14-20(26)23-15-9-10-18(29-2)19(13-15)30-3/h4-5,7-10,13H,6,11-12,14H2,1-3H3,(H,23,26). The van der Waals surface area contributed by atoms with Gasteiger partial charge < -0.3 is 19.5 Å². The number of benzene rings is 2. The van der Waals surface area contributed by atoms with E-state index in [1.165, 1.54) is 18.9 Å². The number of nitrogens with one attached hydrogen (secondary N) is 1. The van der Waals surface area contributed by atoms with Gasteiger partial charge in [-0.05, 0) is 30.7 Å². The molecule has 164 valence electrons. The number of para-hydroxylation sites is 1. The summed E-state index contributed by atoms with van der Waals surface area (Å²) in [6, 6.07) is 12.4. The number of fused-ring (bicyclic) bond motifs is 1. The summed E-state index contributed by atoms with van der Waals surface area (Å²) < 4.78 is 17.2. The van der Waals surface area contributed by atoms with Crippen molar-refractivity contribution in [2.75, 3.05) is 39.0 Å². The fourth-order valence-corrected chi connectivity index (χ4v) is 3.89. The molecule has 1 amide bonds. The summed E-state index contributed by atoms with van der Waals surface area (Å²) in [6.45, 7) is 0.993. The van der Waals surface area contributed by atoms with Gasteiger partial charge in [-0.1, -0.05) is 23.9 Å². The third-order valence-corrected chi connectivity index (χ3v) is 5.53. The topological polar surface area (TPSA) is 91.7 Å². The van der Waals surface area contributed by atoms with Crippen LogP contribution in [0.5, 0.6) is 11.5 Å². The molecule has 3 rings (SSSR count). The molecule has 0 aliphatic carbocycles. The van der Waals surface area contributed by atoms with Crippen LogP contribution in [-0.2, 0) is 16.1 Å². The van der Waals surface area contributed by atoms with E-state index in [1.807, 2.05) is 12.1 Å². The van der Waals surface area contributed by atoms with Gasteiger partial charge in [0.15, 0.2) is 16.7 Å². The van der Waals surface area contributed by atoms with Gasteiger partial charge in [0.05, 0.1) is 30.9 Å². The average Bonchev–Trinajstić information content (AvgIpc) is 2.79. The zero-order valence-corrected chi connectivity index (χ0v) is 18.5. The number of aromatic nitrogens is 2. The molecule has 3 aromatic rings. The highest BCUT2D eigenvalue weighted by Gasteiger charge is 2.14. The summed E-state index contributed by atoms with van der Waals surface area (Å²) in [7, 11) is 4.71. The van der Waals surface area contributed by atoms with Gasteiger partial charge >= 0.3 is 0 Å². The first-order chi connectivity index (χ1) is 15.1. The molecule has 1 heterocycles. The van der Waals surface area contributed by atoms with Crippen LogP contribution in [0, 0.1) is 0 Å². The molecule has 31 heavy (non-hydrogen) atoms. The van der Waals surface area contributed by atoms with Crippen molar-refractivity contribution in [3.05, 3.63) is 52.8 Å². The first kappa shape index (κ1) is 22.6. The zero-order chi connectivity index (χ0) is 22.2. The van der Waals surface area contributed by atoms with Crippen LogP contribution in [0.25, 0.3) is 10.9 Å². The Labute approximate surface area is 184 Å². The number of rotatable bonds is 10. The number of amides is 1. The van der Waals surface area contributed by atoms with E-state index >= 15 is 0 Å². The van der Waals surface area contributed by atoms with E-state index in [-0.39, 0.29) is 17.2 Å². The molecular formula is C22H25N3O5S. The smallest absolute Gasteiger partial charge is 0.262 e. The lowest BCUT2D eigenvalue weighted by atomic mass is 10.2. The fourth-order valence-electron chi connectivity index (χ4n) is 3.06. The maximum absolute atomic E-state index is 13.0. The molecule has 0 spiro atoms. The van der Waals surface area contributed by atoms with Crippen LogP contribution >= 0.6 is 11.8 Å². The zero-order valence-electron chi connectivity index (χ0n) is 17.7. The lowest BCUT2D eigenvalue weighted by molar-refractivity contribution is -0.113. The molecular weight excluding hydrogens is 418 g/mol. The maximum Gasteiger partial charge on any atom is 0.262 e. The van der Waals surface area contributed by atoms with Gasteiger partial charge in [0.25, 0.3) is 5.56 Å². The Morgan fingerprint density at radius 1 is 1.10 bits per heavy atom. The molecule has 0 fully saturated rings. The van der Waals surface area contributed by atoms with Crippen molar-refractivity contribution in [2.45, 2.75) is 18.1 Å². The summed E-state index contributed by atoms with van der Waals surface area (Å²) in [4.78, 5) is 30.1. The lowest BCUT2D eigenvalue weighted by Gasteiger charge is -2.13. The van der Waals surface area contributed by atoms with Gasteiger partial charge in [-0.15, -0.1) is 0 Å². The first-order valence-electron chi connectivity index (χ1n) is 9.70. The quantitative estimate of drug-likeness (QED) is 0.292. The van der Waals surface area contributed by atoms with Crippen molar-refractivity contribution in [1.29, 1.82) is 0 Å². The molecule has 0 aliphatic rings. The fraction of sp³-hybridized carbons (Fsp3) is 0.318. The molecule has 9 heteroatoms. The van der Waals surface area contributed by atoms with Gasteiger partial charge in [-0.2, -0.15) is 0 Å².